The van der Waals surface area contributed by atoms with Crippen molar-refractivity contribution in [1.82, 2.24) is 5.32 Å². The predicted octanol–water partition coefficient (Wildman–Crippen LogP) is 6.77. The Labute approximate surface area is 214 Å². The van der Waals surface area contributed by atoms with Gasteiger partial charge in [-0.05, 0) is 43.0 Å². The van der Waals surface area contributed by atoms with Gasteiger partial charge in [-0.2, -0.15) is 0 Å². The van der Waals surface area contributed by atoms with Crippen molar-refractivity contribution in [3.8, 4) is 11.1 Å². The van der Waals surface area contributed by atoms with E-state index in [9.17, 15) is 14.4 Å². The van der Waals surface area contributed by atoms with Gasteiger partial charge < -0.3 is 15.2 Å². The van der Waals surface area contributed by atoms with Crippen LogP contribution in [0.15, 0.2) is 55.1 Å². The number of benzene rings is 2. The fourth-order valence-corrected chi connectivity index (χ4v) is 2.34. The molecule has 2 N–H and O–H groups in total. The lowest BCUT2D eigenvalue weighted by Gasteiger charge is -2.05. The number of aliphatic hydroxyl groups excluding tert-OH is 1. The van der Waals surface area contributed by atoms with E-state index >= 15 is 0 Å². The van der Waals surface area contributed by atoms with Crippen molar-refractivity contribution in [3.05, 3.63) is 66.2 Å². The number of aldehydes is 1. The Morgan fingerprint density at radius 3 is 1.49 bits per heavy atom. The zero-order chi connectivity index (χ0) is 28.4. The summed E-state index contributed by atoms with van der Waals surface area (Å²) in [5, 5.41) is 9.35. The van der Waals surface area contributed by atoms with Gasteiger partial charge in [0.05, 0.1) is 5.92 Å². The Balaban J connectivity index is -0.000000253. The largest absolute Gasteiger partial charge is 0.400 e. The number of aliphatic hydroxyl groups is 1. The summed E-state index contributed by atoms with van der Waals surface area (Å²) < 4.78 is 0. The SMILES string of the molecule is C=C(C)c1ccc(-c2ccc(CC(C)=O)cc2)cc1.CC.CC.CC.CNC(=O)C(C)C=O.CO. The number of rotatable bonds is 6. The Kier molecular flexibility index (Phi) is 30.4. The van der Waals surface area contributed by atoms with Crippen molar-refractivity contribution < 1.29 is 19.5 Å². The lowest BCUT2D eigenvalue weighted by molar-refractivity contribution is -0.128. The summed E-state index contributed by atoms with van der Waals surface area (Å²) in [6.07, 6.45) is 1.12. The van der Waals surface area contributed by atoms with E-state index in [0.29, 0.717) is 12.7 Å². The summed E-state index contributed by atoms with van der Waals surface area (Å²) in [4.78, 5) is 31.3. The molecule has 0 spiro atoms. The molecule has 0 aromatic heterocycles. The number of ketones is 1. The van der Waals surface area contributed by atoms with Crippen LogP contribution in [0.3, 0.4) is 0 Å². The number of amides is 1. The van der Waals surface area contributed by atoms with Gasteiger partial charge in [-0.15, -0.1) is 0 Å². The Morgan fingerprint density at radius 2 is 1.23 bits per heavy atom. The molecule has 5 nitrogen and oxygen atoms in total. The van der Waals surface area contributed by atoms with Gasteiger partial charge in [0, 0.05) is 20.6 Å². The maximum Gasteiger partial charge on any atom is 0.229 e. The minimum atomic E-state index is -0.514. The lowest BCUT2D eigenvalue weighted by Crippen LogP contribution is -2.25. The van der Waals surface area contributed by atoms with E-state index in [1.54, 1.807) is 13.8 Å². The van der Waals surface area contributed by atoms with Gasteiger partial charge in [-0.3, -0.25) is 9.59 Å². The first-order chi connectivity index (χ1) is 16.8. The van der Waals surface area contributed by atoms with E-state index in [4.69, 9.17) is 5.11 Å². The molecular formula is C30H49NO4. The average Bonchev–Trinajstić information content (AvgIpc) is 2.92. The molecule has 0 saturated heterocycles. The third-order valence-corrected chi connectivity index (χ3v) is 3.98. The summed E-state index contributed by atoms with van der Waals surface area (Å²) >= 11 is 0. The van der Waals surface area contributed by atoms with Crippen molar-refractivity contribution >= 4 is 23.5 Å². The van der Waals surface area contributed by atoms with Gasteiger partial charge in [0.2, 0.25) is 5.91 Å². The second-order valence-electron chi connectivity index (χ2n) is 6.47. The third kappa shape index (κ3) is 19.0. The summed E-state index contributed by atoms with van der Waals surface area (Å²) in [5.41, 5.74) is 5.65. The van der Waals surface area contributed by atoms with Gasteiger partial charge in [-0.1, -0.05) is 102 Å². The van der Waals surface area contributed by atoms with Crippen LogP contribution in [-0.4, -0.2) is 37.2 Å². The van der Waals surface area contributed by atoms with E-state index in [2.05, 4.69) is 48.3 Å². The van der Waals surface area contributed by atoms with E-state index in [1.165, 1.54) is 18.2 Å². The molecule has 1 amide bonds. The second kappa shape index (κ2) is 27.2. The zero-order valence-corrected chi connectivity index (χ0v) is 23.9. The van der Waals surface area contributed by atoms with Crippen LogP contribution in [0, 0.1) is 5.92 Å². The highest BCUT2D eigenvalue weighted by molar-refractivity contribution is 5.90. The molecule has 2 aromatic carbocycles. The molecule has 0 radical (unpaired) electrons. The van der Waals surface area contributed by atoms with Crippen molar-refractivity contribution in [1.29, 1.82) is 0 Å². The van der Waals surface area contributed by atoms with Crippen LogP contribution in [0.1, 0.15) is 73.4 Å². The third-order valence-electron chi connectivity index (χ3n) is 3.98. The normalized spacial score (nSPS) is 9.03. The van der Waals surface area contributed by atoms with Crippen molar-refractivity contribution in [2.45, 2.75) is 68.7 Å². The van der Waals surface area contributed by atoms with E-state index < -0.39 is 5.92 Å². The van der Waals surface area contributed by atoms with Gasteiger partial charge >= 0.3 is 0 Å². The van der Waals surface area contributed by atoms with E-state index in [1.807, 2.05) is 60.6 Å². The number of Topliss-reactive ketones (excluding diaryl/α,β-unsaturated/α-hetero) is 1. The number of carbonyl (C=O) groups excluding carboxylic acids is 3. The van der Waals surface area contributed by atoms with Crippen LogP contribution in [0.25, 0.3) is 16.7 Å². The number of allylic oxidation sites excluding steroid dienone is 1. The number of carbonyl (C=O) groups is 3. The second-order valence-corrected chi connectivity index (χ2v) is 6.47. The number of hydrogen-bond donors (Lipinski definition) is 2. The minimum Gasteiger partial charge on any atom is -0.400 e. The molecular weight excluding hydrogens is 438 g/mol. The van der Waals surface area contributed by atoms with Crippen molar-refractivity contribution in [2.24, 2.45) is 5.92 Å². The minimum absolute atomic E-state index is 0.193. The van der Waals surface area contributed by atoms with Crippen LogP contribution in [-0.2, 0) is 20.8 Å². The highest BCUT2D eigenvalue weighted by atomic mass is 16.2. The highest BCUT2D eigenvalue weighted by Crippen LogP contribution is 2.22. The quantitative estimate of drug-likeness (QED) is 0.348. The Bertz CT molecular complexity index is 794. The van der Waals surface area contributed by atoms with Gasteiger partial charge in [0.15, 0.2) is 0 Å². The van der Waals surface area contributed by atoms with Crippen LogP contribution in [0.5, 0.6) is 0 Å². The molecule has 1 atom stereocenters. The fraction of sp³-hybridized carbons (Fsp3) is 0.433. The maximum atomic E-state index is 11.1. The first-order valence-electron chi connectivity index (χ1n) is 12.2. The standard InChI is InChI=1S/C18H18O.C5H9NO2.3C2H6.CH4O/c1-13(2)16-8-10-18(11-9-16)17-6-4-15(5-7-17)12-14(3)19;1-4(3-7)5(8)6-2;4*1-2/h4-11H,1,12H2,2-3H3;3-4H,1-2H3,(H,6,8);3*1-2H3;2H,1H3. The summed E-state index contributed by atoms with van der Waals surface area (Å²) in [6, 6.07) is 16.5. The highest BCUT2D eigenvalue weighted by Gasteiger charge is 2.06. The van der Waals surface area contributed by atoms with Gasteiger partial charge in [0.1, 0.15) is 12.1 Å². The van der Waals surface area contributed by atoms with Gasteiger partial charge in [0.25, 0.3) is 0 Å². The maximum absolute atomic E-state index is 11.1. The van der Waals surface area contributed by atoms with E-state index in [0.717, 1.165) is 23.8 Å². The summed E-state index contributed by atoms with van der Waals surface area (Å²) in [5.74, 6) is -0.557. The zero-order valence-electron chi connectivity index (χ0n) is 23.9. The molecule has 0 aliphatic carbocycles. The molecule has 0 aliphatic rings. The van der Waals surface area contributed by atoms with Crippen LogP contribution < -0.4 is 5.32 Å². The first-order valence-corrected chi connectivity index (χ1v) is 12.2. The summed E-state index contributed by atoms with van der Waals surface area (Å²) in [7, 11) is 2.50. The first kappa shape index (κ1) is 39.2. The molecule has 0 aliphatic heterocycles. The van der Waals surface area contributed by atoms with Crippen LogP contribution in [0.4, 0.5) is 0 Å². The fourth-order valence-electron chi connectivity index (χ4n) is 2.34. The van der Waals surface area contributed by atoms with Gasteiger partial charge in [-0.25, -0.2) is 0 Å². The molecule has 2 rings (SSSR count). The van der Waals surface area contributed by atoms with Crippen LogP contribution in [0.2, 0.25) is 0 Å². The van der Waals surface area contributed by atoms with Crippen molar-refractivity contribution in [2.75, 3.05) is 14.2 Å². The molecule has 198 valence electrons. The number of hydrogen-bond acceptors (Lipinski definition) is 4. The Hall–Kier alpha value is -3.05. The molecule has 5 heteroatoms. The summed E-state index contributed by atoms with van der Waals surface area (Å²) in [6.45, 7) is 21.1. The monoisotopic (exact) mass is 487 g/mol. The molecule has 35 heavy (non-hydrogen) atoms. The smallest absolute Gasteiger partial charge is 0.229 e. The van der Waals surface area contributed by atoms with Crippen LogP contribution >= 0.6 is 0 Å². The average molecular weight is 488 g/mol. The molecule has 2 aromatic rings. The topological polar surface area (TPSA) is 83.5 Å². The molecule has 0 heterocycles. The predicted molar refractivity (Wildman–Crippen MR) is 152 cm³/mol. The van der Waals surface area contributed by atoms with E-state index in [-0.39, 0.29) is 11.7 Å². The lowest BCUT2D eigenvalue weighted by atomic mass is 10.00. The van der Waals surface area contributed by atoms with Crippen molar-refractivity contribution in [3.63, 3.8) is 0 Å². The molecule has 0 fully saturated rings. The molecule has 0 saturated carbocycles. The number of nitrogens with one attached hydrogen (secondary N) is 1. The Morgan fingerprint density at radius 1 is 0.857 bits per heavy atom. The molecule has 0 bridgehead atoms. The molecule has 1 unspecified atom stereocenters.